The lowest BCUT2D eigenvalue weighted by Crippen LogP contribution is -2.13. The summed E-state index contributed by atoms with van der Waals surface area (Å²) in [5.41, 5.74) is 0.924. The van der Waals surface area contributed by atoms with Crippen LogP contribution in [0.25, 0.3) is 0 Å². The van der Waals surface area contributed by atoms with E-state index in [2.05, 4.69) is 15.9 Å². The fourth-order valence-corrected chi connectivity index (χ4v) is 3.15. The summed E-state index contributed by atoms with van der Waals surface area (Å²) in [6, 6.07) is 5.87. The number of hydrogen-bond acceptors (Lipinski definition) is 2. The molecule has 0 spiro atoms. The quantitative estimate of drug-likeness (QED) is 0.835. The standard InChI is InChI=1S/C15H21BrO2/c1-18-14-10-12(16)8-9-13(14)15(17)11-6-4-2-3-5-7-11/h8-11,15,17H,2-7H2,1H3. The van der Waals surface area contributed by atoms with Crippen molar-refractivity contribution in [2.45, 2.75) is 44.6 Å². The van der Waals surface area contributed by atoms with Crippen LogP contribution in [0.2, 0.25) is 0 Å². The van der Waals surface area contributed by atoms with E-state index in [1.54, 1.807) is 7.11 Å². The van der Waals surface area contributed by atoms with Crippen molar-refractivity contribution < 1.29 is 9.84 Å². The number of rotatable bonds is 3. The van der Waals surface area contributed by atoms with E-state index in [-0.39, 0.29) is 0 Å². The molecule has 2 nitrogen and oxygen atoms in total. The highest BCUT2D eigenvalue weighted by Gasteiger charge is 2.24. The molecule has 1 aliphatic rings. The third kappa shape index (κ3) is 3.27. The van der Waals surface area contributed by atoms with Gasteiger partial charge in [-0.05, 0) is 30.9 Å². The van der Waals surface area contributed by atoms with E-state index in [0.717, 1.165) is 28.6 Å². The molecule has 0 aliphatic heterocycles. The number of aliphatic hydroxyl groups excluding tert-OH is 1. The molecule has 1 N–H and O–H groups in total. The zero-order valence-electron chi connectivity index (χ0n) is 10.9. The predicted octanol–water partition coefficient (Wildman–Crippen LogP) is 4.46. The van der Waals surface area contributed by atoms with E-state index in [1.165, 1.54) is 25.7 Å². The van der Waals surface area contributed by atoms with E-state index in [0.29, 0.717) is 5.92 Å². The minimum absolute atomic E-state index is 0.377. The van der Waals surface area contributed by atoms with Crippen LogP contribution in [-0.4, -0.2) is 12.2 Å². The third-order valence-electron chi connectivity index (χ3n) is 3.86. The molecule has 2 rings (SSSR count). The van der Waals surface area contributed by atoms with Gasteiger partial charge in [-0.1, -0.05) is 47.7 Å². The van der Waals surface area contributed by atoms with Crippen LogP contribution in [0, 0.1) is 5.92 Å². The molecule has 1 unspecified atom stereocenters. The topological polar surface area (TPSA) is 29.5 Å². The first-order valence-corrected chi connectivity index (χ1v) is 7.53. The number of benzene rings is 1. The van der Waals surface area contributed by atoms with Gasteiger partial charge in [-0.15, -0.1) is 0 Å². The van der Waals surface area contributed by atoms with Gasteiger partial charge in [0.2, 0.25) is 0 Å². The lowest BCUT2D eigenvalue weighted by Gasteiger charge is -2.23. The Morgan fingerprint density at radius 1 is 1.22 bits per heavy atom. The molecule has 1 aromatic carbocycles. The minimum Gasteiger partial charge on any atom is -0.496 e. The molecule has 0 aromatic heterocycles. The molecule has 0 saturated heterocycles. The SMILES string of the molecule is COc1cc(Br)ccc1C(O)C1CCCCCC1. The largest absolute Gasteiger partial charge is 0.496 e. The van der Waals surface area contributed by atoms with Crippen LogP contribution in [-0.2, 0) is 0 Å². The number of methoxy groups -OCH3 is 1. The summed E-state index contributed by atoms with van der Waals surface area (Å²) in [7, 11) is 1.66. The van der Waals surface area contributed by atoms with Crippen LogP contribution in [0.1, 0.15) is 50.2 Å². The van der Waals surface area contributed by atoms with E-state index < -0.39 is 6.10 Å². The van der Waals surface area contributed by atoms with Crippen LogP contribution in [0.4, 0.5) is 0 Å². The molecule has 1 saturated carbocycles. The van der Waals surface area contributed by atoms with E-state index in [9.17, 15) is 5.11 Å². The molecule has 1 aliphatic carbocycles. The Kier molecular flexibility index (Phi) is 5.07. The van der Waals surface area contributed by atoms with Crippen LogP contribution < -0.4 is 4.74 Å². The van der Waals surface area contributed by atoms with Crippen LogP contribution >= 0.6 is 15.9 Å². The highest BCUT2D eigenvalue weighted by atomic mass is 79.9. The second kappa shape index (κ2) is 6.58. The van der Waals surface area contributed by atoms with E-state index in [4.69, 9.17) is 4.74 Å². The Hall–Kier alpha value is -0.540. The lowest BCUT2D eigenvalue weighted by molar-refractivity contribution is 0.0961. The second-order valence-corrected chi connectivity index (χ2v) is 6.00. The van der Waals surface area contributed by atoms with Gasteiger partial charge in [0.1, 0.15) is 5.75 Å². The number of aliphatic hydroxyl groups is 1. The van der Waals surface area contributed by atoms with Gasteiger partial charge in [-0.2, -0.15) is 0 Å². The first-order valence-electron chi connectivity index (χ1n) is 6.74. The second-order valence-electron chi connectivity index (χ2n) is 5.08. The molecular formula is C15H21BrO2. The van der Waals surface area contributed by atoms with Crippen molar-refractivity contribution in [1.82, 2.24) is 0 Å². The summed E-state index contributed by atoms with van der Waals surface area (Å²) < 4.78 is 6.36. The first-order chi connectivity index (χ1) is 8.72. The third-order valence-corrected chi connectivity index (χ3v) is 4.35. The van der Waals surface area contributed by atoms with Crippen molar-refractivity contribution in [3.63, 3.8) is 0 Å². The van der Waals surface area contributed by atoms with Crippen molar-refractivity contribution in [3.05, 3.63) is 28.2 Å². The lowest BCUT2D eigenvalue weighted by atomic mass is 9.89. The predicted molar refractivity (Wildman–Crippen MR) is 76.8 cm³/mol. The molecule has 1 aromatic rings. The zero-order chi connectivity index (χ0) is 13.0. The molecule has 0 radical (unpaired) electrons. The fourth-order valence-electron chi connectivity index (χ4n) is 2.81. The molecule has 0 heterocycles. The average molecular weight is 313 g/mol. The van der Waals surface area contributed by atoms with Crippen LogP contribution in [0.5, 0.6) is 5.75 Å². The molecule has 1 fully saturated rings. The van der Waals surface area contributed by atoms with Gasteiger partial charge in [-0.25, -0.2) is 0 Å². The normalized spacial score (nSPS) is 19.3. The Balaban J connectivity index is 2.18. The summed E-state index contributed by atoms with van der Waals surface area (Å²) in [6.45, 7) is 0. The number of halogens is 1. The molecule has 0 bridgehead atoms. The zero-order valence-corrected chi connectivity index (χ0v) is 12.4. The summed E-state index contributed by atoms with van der Waals surface area (Å²) >= 11 is 3.43. The Bertz CT molecular complexity index is 384. The van der Waals surface area contributed by atoms with Crippen molar-refractivity contribution >= 4 is 15.9 Å². The van der Waals surface area contributed by atoms with Gasteiger partial charge in [0.05, 0.1) is 13.2 Å². The van der Waals surface area contributed by atoms with Crippen molar-refractivity contribution in [3.8, 4) is 5.75 Å². The molecule has 18 heavy (non-hydrogen) atoms. The van der Waals surface area contributed by atoms with Crippen LogP contribution in [0.3, 0.4) is 0 Å². The minimum atomic E-state index is -0.397. The highest BCUT2D eigenvalue weighted by Crippen LogP contribution is 2.38. The number of hydrogen-bond donors (Lipinski definition) is 1. The van der Waals surface area contributed by atoms with Crippen molar-refractivity contribution in [1.29, 1.82) is 0 Å². The molecule has 1 atom stereocenters. The maximum absolute atomic E-state index is 10.6. The Labute approximate surface area is 117 Å². The van der Waals surface area contributed by atoms with Gasteiger partial charge in [-0.3, -0.25) is 0 Å². The monoisotopic (exact) mass is 312 g/mol. The maximum Gasteiger partial charge on any atom is 0.125 e. The van der Waals surface area contributed by atoms with E-state index >= 15 is 0 Å². The van der Waals surface area contributed by atoms with E-state index in [1.807, 2.05) is 18.2 Å². The molecular weight excluding hydrogens is 292 g/mol. The van der Waals surface area contributed by atoms with Gasteiger partial charge in [0.25, 0.3) is 0 Å². The van der Waals surface area contributed by atoms with Gasteiger partial charge in [0.15, 0.2) is 0 Å². The van der Waals surface area contributed by atoms with Gasteiger partial charge in [0, 0.05) is 10.0 Å². The van der Waals surface area contributed by atoms with Crippen molar-refractivity contribution in [2.24, 2.45) is 5.92 Å². The average Bonchev–Trinajstić information content (AvgIpc) is 2.66. The Morgan fingerprint density at radius 2 is 1.89 bits per heavy atom. The summed E-state index contributed by atoms with van der Waals surface area (Å²) in [4.78, 5) is 0. The summed E-state index contributed by atoms with van der Waals surface area (Å²) in [5.74, 6) is 1.16. The smallest absolute Gasteiger partial charge is 0.125 e. The highest BCUT2D eigenvalue weighted by molar-refractivity contribution is 9.10. The molecule has 3 heteroatoms. The van der Waals surface area contributed by atoms with Crippen LogP contribution in [0.15, 0.2) is 22.7 Å². The number of ether oxygens (including phenoxy) is 1. The first kappa shape index (κ1) is 13.9. The summed E-state index contributed by atoms with van der Waals surface area (Å²) in [5, 5.41) is 10.6. The fraction of sp³-hybridized carbons (Fsp3) is 0.600. The maximum atomic E-state index is 10.6. The van der Waals surface area contributed by atoms with Gasteiger partial charge < -0.3 is 9.84 Å². The molecule has 100 valence electrons. The van der Waals surface area contributed by atoms with Gasteiger partial charge >= 0.3 is 0 Å². The van der Waals surface area contributed by atoms with Crippen molar-refractivity contribution in [2.75, 3.05) is 7.11 Å². The summed E-state index contributed by atoms with van der Waals surface area (Å²) in [6.07, 6.45) is 6.94. The molecule has 0 amide bonds. The Morgan fingerprint density at radius 3 is 2.50 bits per heavy atom.